The van der Waals surface area contributed by atoms with Crippen LogP contribution in [-0.2, 0) is 9.53 Å². The van der Waals surface area contributed by atoms with Gasteiger partial charge in [0.05, 0.1) is 6.61 Å². The van der Waals surface area contributed by atoms with Gasteiger partial charge in [-0.2, -0.15) is 0 Å². The van der Waals surface area contributed by atoms with Crippen LogP contribution in [0.5, 0.6) is 0 Å². The summed E-state index contributed by atoms with van der Waals surface area (Å²) in [6, 6.07) is 0. The van der Waals surface area contributed by atoms with Gasteiger partial charge in [0.15, 0.2) is 0 Å². The summed E-state index contributed by atoms with van der Waals surface area (Å²) in [6.07, 6.45) is 0.902. The largest absolute Gasteiger partial charge is 1.00 e. The molecule has 4 heteroatoms. The first kappa shape index (κ1) is 16.2. The smallest absolute Gasteiger partial charge is 1.00 e. The number of rotatable bonds is 3. The van der Waals surface area contributed by atoms with Crippen molar-refractivity contribution < 1.29 is 71.5 Å². The Kier molecular flexibility index (Phi) is 32.0. The van der Waals surface area contributed by atoms with Gasteiger partial charge in [0.1, 0.15) is 0 Å². The van der Waals surface area contributed by atoms with E-state index in [2.05, 4.69) is 4.74 Å². The summed E-state index contributed by atoms with van der Waals surface area (Å²) in [5, 5.41) is 0. The predicted octanol–water partition coefficient (Wildman–Crippen LogP) is -5.20. The van der Waals surface area contributed by atoms with Crippen LogP contribution in [0.15, 0.2) is 0 Å². The average molecular weight is 136 g/mol. The molecule has 0 aliphatic heterocycles. The van der Waals surface area contributed by atoms with Gasteiger partial charge in [0.2, 0.25) is 0 Å². The number of carbonyl (C=O) groups excluding carboxylic acids is 1. The Morgan fingerprint density at radius 2 is 2.12 bits per heavy atom. The molecule has 0 unspecified atom stereocenters. The van der Waals surface area contributed by atoms with Crippen molar-refractivity contribution in [1.29, 1.82) is 0 Å². The van der Waals surface area contributed by atoms with E-state index in [4.69, 9.17) is 0 Å². The molecule has 0 bridgehead atoms. The van der Waals surface area contributed by atoms with Crippen molar-refractivity contribution in [2.45, 2.75) is 13.3 Å². The molecule has 0 aromatic carbocycles. The van der Waals surface area contributed by atoms with Gasteiger partial charge < -0.3 is 7.59 Å². The normalized spacial score (nSPS) is 5.62. The molecule has 0 aliphatic rings. The van der Waals surface area contributed by atoms with Crippen molar-refractivity contribution in [3.8, 4) is 0 Å². The first-order valence-corrected chi connectivity index (χ1v) is 1.97. The van der Waals surface area contributed by atoms with E-state index in [-0.39, 0.29) is 62.0 Å². The third kappa shape index (κ3) is 15.6. The van der Waals surface area contributed by atoms with E-state index >= 15 is 0 Å². The molecular formula is C4H10Na2O2. The number of ether oxygens (including phenoxy) is 1. The van der Waals surface area contributed by atoms with Crippen LogP contribution in [0, 0.1) is 0 Å². The molecule has 0 aromatic rings. The Balaban J connectivity index is -0.0000000208. The average Bonchev–Trinajstić information content (AvgIpc) is 1.61. The van der Waals surface area contributed by atoms with Gasteiger partial charge in [0, 0.05) is 0 Å². The third-order valence-electron chi connectivity index (χ3n) is 0.390. The zero-order valence-corrected chi connectivity index (χ0v) is 9.81. The fourth-order valence-electron chi connectivity index (χ4n) is 0.166. The summed E-state index contributed by atoms with van der Waals surface area (Å²) in [5.41, 5.74) is 0. The summed E-state index contributed by atoms with van der Waals surface area (Å²) < 4.78 is 4.30. The van der Waals surface area contributed by atoms with Crippen LogP contribution >= 0.6 is 0 Å². The van der Waals surface area contributed by atoms with E-state index in [0.29, 0.717) is 13.1 Å². The van der Waals surface area contributed by atoms with Gasteiger partial charge in [-0.1, -0.05) is 6.92 Å². The summed E-state index contributed by atoms with van der Waals surface area (Å²) >= 11 is 0. The monoisotopic (exact) mass is 136 g/mol. The van der Waals surface area contributed by atoms with Crippen LogP contribution in [0.25, 0.3) is 0 Å². The third-order valence-corrected chi connectivity index (χ3v) is 0.390. The second-order valence-corrected chi connectivity index (χ2v) is 0.967. The summed E-state index contributed by atoms with van der Waals surface area (Å²) in [4.78, 5) is 9.34. The second-order valence-electron chi connectivity index (χ2n) is 0.967. The molecule has 0 spiro atoms. The first-order chi connectivity index (χ1) is 2.91. The molecule has 0 N–H and O–H groups in total. The van der Waals surface area contributed by atoms with Gasteiger partial charge in [-0.15, -0.1) is 0 Å². The van der Waals surface area contributed by atoms with Crippen LogP contribution in [0.2, 0.25) is 0 Å². The molecule has 0 heterocycles. The standard InChI is InChI=1S/C4H8O2.2Na.2H/c1-2-3-6-4-5;;;;/h4H,2-3H2,1H3;;;;/q;2*+1;2*-1. The molecule has 0 saturated heterocycles. The maximum Gasteiger partial charge on any atom is 1.00 e. The Bertz CT molecular complexity index is 48.2. The van der Waals surface area contributed by atoms with Crippen molar-refractivity contribution in [2.24, 2.45) is 0 Å². The maximum atomic E-state index is 9.34. The van der Waals surface area contributed by atoms with Crippen LogP contribution < -0.4 is 59.1 Å². The summed E-state index contributed by atoms with van der Waals surface area (Å²) in [7, 11) is 0. The number of hydrogen-bond acceptors (Lipinski definition) is 2. The van der Waals surface area contributed by atoms with Gasteiger partial charge >= 0.3 is 59.1 Å². The molecular weight excluding hydrogens is 126 g/mol. The van der Waals surface area contributed by atoms with Crippen LogP contribution in [0.3, 0.4) is 0 Å². The molecule has 0 rings (SSSR count). The molecule has 8 heavy (non-hydrogen) atoms. The van der Waals surface area contributed by atoms with Gasteiger partial charge in [-0.25, -0.2) is 0 Å². The molecule has 0 atom stereocenters. The number of carbonyl (C=O) groups is 1. The molecule has 0 radical (unpaired) electrons. The summed E-state index contributed by atoms with van der Waals surface area (Å²) in [5.74, 6) is 0. The first-order valence-electron chi connectivity index (χ1n) is 1.97. The van der Waals surface area contributed by atoms with Crippen LogP contribution in [0.1, 0.15) is 16.2 Å². The minimum absolute atomic E-state index is 0. The molecule has 2 nitrogen and oxygen atoms in total. The predicted molar refractivity (Wildman–Crippen MR) is 24.5 cm³/mol. The van der Waals surface area contributed by atoms with Crippen LogP contribution in [-0.4, -0.2) is 13.1 Å². The Hall–Kier alpha value is 1.47. The summed E-state index contributed by atoms with van der Waals surface area (Å²) in [6.45, 7) is 2.95. The van der Waals surface area contributed by atoms with Crippen molar-refractivity contribution in [1.82, 2.24) is 0 Å². The molecule has 0 amide bonds. The van der Waals surface area contributed by atoms with Gasteiger partial charge in [-0.05, 0) is 6.42 Å². The molecule has 0 aromatic heterocycles. The van der Waals surface area contributed by atoms with E-state index < -0.39 is 0 Å². The van der Waals surface area contributed by atoms with E-state index in [9.17, 15) is 4.79 Å². The van der Waals surface area contributed by atoms with Crippen molar-refractivity contribution in [3.63, 3.8) is 0 Å². The molecule has 0 fully saturated rings. The molecule has 0 aliphatic carbocycles. The van der Waals surface area contributed by atoms with Gasteiger partial charge in [0.25, 0.3) is 6.47 Å². The van der Waals surface area contributed by atoms with E-state index in [0.717, 1.165) is 6.42 Å². The Morgan fingerprint density at radius 3 is 2.25 bits per heavy atom. The Morgan fingerprint density at radius 1 is 1.62 bits per heavy atom. The van der Waals surface area contributed by atoms with E-state index in [1.807, 2.05) is 6.92 Å². The molecule has 40 valence electrons. The SMILES string of the molecule is CCCOC=O.[H-].[H-].[Na+].[Na+]. The topological polar surface area (TPSA) is 26.3 Å². The fraction of sp³-hybridized carbons (Fsp3) is 0.750. The Labute approximate surface area is 96.9 Å². The van der Waals surface area contributed by atoms with Gasteiger partial charge in [-0.3, -0.25) is 4.79 Å². The quantitative estimate of drug-likeness (QED) is 0.220. The van der Waals surface area contributed by atoms with Crippen LogP contribution in [0.4, 0.5) is 0 Å². The van der Waals surface area contributed by atoms with E-state index in [1.165, 1.54) is 0 Å². The molecule has 0 saturated carbocycles. The second kappa shape index (κ2) is 15.8. The fourth-order valence-corrected chi connectivity index (χ4v) is 0.166. The minimum Gasteiger partial charge on any atom is -1.00 e. The minimum atomic E-state index is 0. The maximum absolute atomic E-state index is 9.34. The number of hydrogen-bond donors (Lipinski definition) is 0. The zero-order valence-electron chi connectivity index (χ0n) is 7.81. The van der Waals surface area contributed by atoms with Crippen molar-refractivity contribution in [3.05, 3.63) is 0 Å². The van der Waals surface area contributed by atoms with E-state index in [1.54, 1.807) is 0 Å². The van der Waals surface area contributed by atoms with Crippen molar-refractivity contribution >= 4 is 6.47 Å². The van der Waals surface area contributed by atoms with Crippen molar-refractivity contribution in [2.75, 3.05) is 6.61 Å². The zero-order chi connectivity index (χ0) is 4.83.